The van der Waals surface area contributed by atoms with Crippen LogP contribution in [-0.4, -0.2) is 37.5 Å². The van der Waals surface area contributed by atoms with Crippen LogP contribution in [0.5, 0.6) is 0 Å². The highest BCUT2D eigenvalue weighted by Gasteiger charge is 2.32. The van der Waals surface area contributed by atoms with Crippen LogP contribution in [0.4, 0.5) is 0 Å². The molecular formula is C26H30N2O3S. The van der Waals surface area contributed by atoms with Crippen molar-refractivity contribution in [1.82, 2.24) is 9.62 Å². The van der Waals surface area contributed by atoms with Crippen molar-refractivity contribution in [3.63, 3.8) is 0 Å². The Morgan fingerprint density at radius 1 is 0.969 bits per heavy atom. The minimum Gasteiger partial charge on any atom is -0.352 e. The van der Waals surface area contributed by atoms with Gasteiger partial charge in [0.05, 0.1) is 11.7 Å². The molecule has 1 fully saturated rings. The number of nitrogens with one attached hydrogen (secondary N) is 1. The number of hydrogen-bond donors (Lipinski definition) is 1. The Morgan fingerprint density at radius 2 is 1.72 bits per heavy atom. The predicted octanol–water partition coefficient (Wildman–Crippen LogP) is 4.13. The number of hydrogen-bond acceptors (Lipinski definition) is 3. The first-order valence-electron chi connectivity index (χ1n) is 11.3. The van der Waals surface area contributed by atoms with E-state index in [1.54, 1.807) is 0 Å². The van der Waals surface area contributed by atoms with E-state index in [9.17, 15) is 13.2 Å². The summed E-state index contributed by atoms with van der Waals surface area (Å²) < 4.78 is 27.2. The zero-order chi connectivity index (χ0) is 22.4. The maximum absolute atomic E-state index is 12.9. The fraction of sp³-hybridized carbons (Fsp3) is 0.346. The molecule has 1 atom stereocenters. The molecular weight excluding hydrogens is 420 g/mol. The van der Waals surface area contributed by atoms with E-state index < -0.39 is 10.0 Å². The summed E-state index contributed by atoms with van der Waals surface area (Å²) in [6.07, 6.45) is 2.76. The Kier molecular flexibility index (Phi) is 7.22. The number of amides is 1. The third-order valence-corrected chi connectivity index (χ3v) is 8.11. The topological polar surface area (TPSA) is 66.5 Å². The smallest absolute Gasteiger partial charge is 0.224 e. The molecule has 0 unspecified atom stereocenters. The second-order valence-corrected chi connectivity index (χ2v) is 10.5. The van der Waals surface area contributed by atoms with Gasteiger partial charge in [0.15, 0.2) is 0 Å². The molecule has 1 aliphatic heterocycles. The van der Waals surface area contributed by atoms with Gasteiger partial charge in [-0.2, -0.15) is 0 Å². The number of carbonyl (C=O) groups excluding carboxylic acids is 1. The molecule has 0 radical (unpaired) electrons. The first-order chi connectivity index (χ1) is 15.5. The lowest BCUT2D eigenvalue weighted by Gasteiger charge is -2.31. The Morgan fingerprint density at radius 3 is 2.56 bits per heavy atom. The van der Waals surface area contributed by atoms with Crippen molar-refractivity contribution < 1.29 is 13.2 Å². The molecule has 0 bridgehead atoms. The highest BCUT2D eigenvalue weighted by Crippen LogP contribution is 2.22. The van der Waals surface area contributed by atoms with E-state index >= 15 is 0 Å². The second-order valence-electron chi connectivity index (χ2n) is 8.46. The molecule has 1 amide bonds. The van der Waals surface area contributed by atoms with Gasteiger partial charge in [-0.15, -0.1) is 0 Å². The third kappa shape index (κ3) is 5.56. The van der Waals surface area contributed by atoms with E-state index in [2.05, 4.69) is 23.5 Å². The molecule has 1 N–H and O–H groups in total. The number of nitrogens with zero attached hydrogens (tertiary/aromatic N) is 1. The van der Waals surface area contributed by atoms with Crippen molar-refractivity contribution >= 4 is 26.7 Å². The van der Waals surface area contributed by atoms with E-state index in [4.69, 9.17) is 0 Å². The van der Waals surface area contributed by atoms with E-state index in [0.717, 1.165) is 34.7 Å². The number of carbonyl (C=O) groups is 1. The van der Waals surface area contributed by atoms with Crippen LogP contribution >= 0.6 is 0 Å². The SMILES string of the molecule is O=C(NCc1cccc2ccccc12)[C@H]1CCCN(S(=O)(=O)CCCc2ccccc2)C1. The van der Waals surface area contributed by atoms with Gasteiger partial charge in [0, 0.05) is 19.6 Å². The standard InChI is InChI=1S/C26H30N2O3S/c29-26(27-19-23-14-6-13-22-12-4-5-16-25(22)23)24-15-7-17-28(20-24)32(30,31)18-8-11-21-9-2-1-3-10-21/h1-6,9-10,12-14,16,24H,7-8,11,15,17-20H2,(H,27,29)/t24-/m0/s1. The Bertz CT molecular complexity index is 1160. The highest BCUT2D eigenvalue weighted by molar-refractivity contribution is 7.89. The first kappa shape index (κ1) is 22.5. The van der Waals surface area contributed by atoms with Gasteiger partial charge in [-0.05, 0) is 47.6 Å². The Hall–Kier alpha value is -2.70. The van der Waals surface area contributed by atoms with Gasteiger partial charge in [0.2, 0.25) is 15.9 Å². The van der Waals surface area contributed by atoms with Crippen molar-refractivity contribution in [2.24, 2.45) is 5.92 Å². The van der Waals surface area contributed by atoms with Crippen molar-refractivity contribution in [3.8, 4) is 0 Å². The first-order valence-corrected chi connectivity index (χ1v) is 12.9. The number of fused-ring (bicyclic) bond motifs is 1. The fourth-order valence-corrected chi connectivity index (χ4v) is 6.00. The van der Waals surface area contributed by atoms with Crippen LogP contribution in [0.2, 0.25) is 0 Å². The molecule has 5 nitrogen and oxygen atoms in total. The second kappa shape index (κ2) is 10.3. The molecule has 6 heteroatoms. The van der Waals surface area contributed by atoms with E-state index in [0.29, 0.717) is 25.9 Å². The molecule has 0 aliphatic carbocycles. The fourth-order valence-electron chi connectivity index (χ4n) is 4.41. The quantitative estimate of drug-likeness (QED) is 0.561. The van der Waals surface area contributed by atoms with Crippen LogP contribution in [-0.2, 0) is 27.8 Å². The molecule has 1 heterocycles. The van der Waals surface area contributed by atoms with Crippen LogP contribution < -0.4 is 5.32 Å². The van der Waals surface area contributed by atoms with Gasteiger partial charge in [-0.1, -0.05) is 72.8 Å². The van der Waals surface area contributed by atoms with Gasteiger partial charge in [0.25, 0.3) is 0 Å². The largest absolute Gasteiger partial charge is 0.352 e. The highest BCUT2D eigenvalue weighted by atomic mass is 32.2. The number of sulfonamides is 1. The molecule has 0 spiro atoms. The predicted molar refractivity (Wildman–Crippen MR) is 129 cm³/mol. The molecule has 4 rings (SSSR count). The normalized spacial score (nSPS) is 17.3. The molecule has 3 aromatic carbocycles. The van der Waals surface area contributed by atoms with Crippen molar-refractivity contribution in [3.05, 3.63) is 83.9 Å². The summed E-state index contributed by atoms with van der Waals surface area (Å²) >= 11 is 0. The molecule has 0 aromatic heterocycles. The third-order valence-electron chi connectivity index (χ3n) is 6.19. The lowest BCUT2D eigenvalue weighted by molar-refractivity contribution is -0.126. The van der Waals surface area contributed by atoms with Crippen LogP contribution in [0.3, 0.4) is 0 Å². The summed E-state index contributed by atoms with van der Waals surface area (Å²) in [5, 5.41) is 5.31. The summed E-state index contributed by atoms with van der Waals surface area (Å²) in [5.74, 6) is -0.253. The number of aryl methyl sites for hydroxylation is 1. The number of rotatable bonds is 8. The van der Waals surface area contributed by atoms with Crippen molar-refractivity contribution in [2.75, 3.05) is 18.8 Å². The average molecular weight is 451 g/mol. The van der Waals surface area contributed by atoms with E-state index in [-0.39, 0.29) is 24.1 Å². The maximum Gasteiger partial charge on any atom is 0.224 e. The molecule has 0 saturated carbocycles. The minimum atomic E-state index is -3.36. The molecule has 1 saturated heterocycles. The van der Waals surface area contributed by atoms with Crippen molar-refractivity contribution in [2.45, 2.75) is 32.2 Å². The van der Waals surface area contributed by atoms with E-state index in [1.165, 1.54) is 4.31 Å². The zero-order valence-corrected chi connectivity index (χ0v) is 19.1. The average Bonchev–Trinajstić information content (AvgIpc) is 2.83. The van der Waals surface area contributed by atoms with Crippen LogP contribution in [0, 0.1) is 5.92 Å². The summed E-state index contributed by atoms with van der Waals surface area (Å²) in [5.41, 5.74) is 2.21. The minimum absolute atomic E-state index is 0.0675. The van der Waals surface area contributed by atoms with E-state index in [1.807, 2.05) is 54.6 Å². The van der Waals surface area contributed by atoms with Crippen LogP contribution in [0.15, 0.2) is 72.8 Å². The van der Waals surface area contributed by atoms with Gasteiger partial charge < -0.3 is 5.32 Å². The van der Waals surface area contributed by atoms with Crippen LogP contribution in [0.25, 0.3) is 10.8 Å². The summed E-state index contributed by atoms with van der Waals surface area (Å²) in [4.78, 5) is 12.8. The molecule has 1 aliphatic rings. The van der Waals surface area contributed by atoms with Gasteiger partial charge in [-0.3, -0.25) is 4.79 Å². The maximum atomic E-state index is 12.9. The van der Waals surface area contributed by atoms with Gasteiger partial charge in [0.1, 0.15) is 0 Å². The summed E-state index contributed by atoms with van der Waals surface area (Å²) in [6.45, 7) is 1.22. The summed E-state index contributed by atoms with van der Waals surface area (Å²) in [7, 11) is -3.36. The Labute approximate surface area is 190 Å². The monoisotopic (exact) mass is 450 g/mol. The molecule has 168 valence electrons. The molecule has 32 heavy (non-hydrogen) atoms. The number of piperidine rings is 1. The lowest BCUT2D eigenvalue weighted by atomic mass is 9.98. The van der Waals surface area contributed by atoms with Crippen molar-refractivity contribution in [1.29, 1.82) is 0 Å². The Balaban J connectivity index is 1.32. The van der Waals surface area contributed by atoms with Gasteiger partial charge in [-0.25, -0.2) is 12.7 Å². The number of benzene rings is 3. The van der Waals surface area contributed by atoms with Crippen LogP contribution in [0.1, 0.15) is 30.4 Å². The molecule has 3 aromatic rings. The zero-order valence-electron chi connectivity index (χ0n) is 18.2. The summed E-state index contributed by atoms with van der Waals surface area (Å²) in [6, 6.07) is 24.1. The lowest BCUT2D eigenvalue weighted by Crippen LogP contribution is -2.46. The van der Waals surface area contributed by atoms with Gasteiger partial charge >= 0.3 is 0 Å².